The van der Waals surface area contributed by atoms with Crippen LogP contribution in [0.3, 0.4) is 0 Å². The van der Waals surface area contributed by atoms with Crippen molar-refractivity contribution in [2.75, 3.05) is 7.11 Å². The van der Waals surface area contributed by atoms with Crippen LogP contribution in [0.1, 0.15) is 13.8 Å². The molecule has 2 rings (SSSR count). The van der Waals surface area contributed by atoms with Crippen molar-refractivity contribution in [1.82, 2.24) is 0 Å². The van der Waals surface area contributed by atoms with Crippen LogP contribution in [0.25, 0.3) is 0 Å². The molecule has 0 aromatic carbocycles. The molecule has 0 amide bonds. The molecule has 4 nitrogen and oxygen atoms in total. The first kappa shape index (κ1) is 10.4. The van der Waals surface area contributed by atoms with Crippen LogP contribution in [0, 0.1) is 0 Å². The molecule has 0 N–H and O–H groups in total. The van der Waals surface area contributed by atoms with E-state index in [1.54, 1.807) is 0 Å². The van der Waals surface area contributed by atoms with E-state index < -0.39 is 5.79 Å². The quantitative estimate of drug-likeness (QED) is 0.481. The van der Waals surface area contributed by atoms with Gasteiger partial charge in [-0.05, 0) is 19.4 Å². The summed E-state index contributed by atoms with van der Waals surface area (Å²) >= 11 is 0. The number of rotatable bonds is 1. The van der Waals surface area contributed by atoms with Crippen LogP contribution in [0.15, 0.2) is 23.8 Å². The van der Waals surface area contributed by atoms with Crippen molar-refractivity contribution in [1.29, 1.82) is 0 Å². The van der Waals surface area contributed by atoms with Crippen LogP contribution in [0.5, 0.6) is 0 Å². The van der Waals surface area contributed by atoms with E-state index in [1.165, 1.54) is 13.2 Å². The van der Waals surface area contributed by atoms with Crippen molar-refractivity contribution in [3.8, 4) is 0 Å². The number of methoxy groups -OCH3 is 1. The standard InChI is InChI=1S/C11H14O4/c1-11(2)14-8-5-4-7(10(8)15-11)6-9(12)13-3/h4-6,8,10H,1-3H3/b7-6-/t8-,10+/m0/s1. The third-order valence-electron chi connectivity index (χ3n) is 2.42. The maximum atomic E-state index is 11.1. The summed E-state index contributed by atoms with van der Waals surface area (Å²) in [4.78, 5) is 11.1. The first-order chi connectivity index (χ1) is 7.02. The van der Waals surface area contributed by atoms with Gasteiger partial charge in [0.15, 0.2) is 5.79 Å². The highest BCUT2D eigenvalue weighted by Crippen LogP contribution is 2.36. The minimum Gasteiger partial charge on any atom is -0.466 e. The molecule has 4 heteroatoms. The maximum Gasteiger partial charge on any atom is 0.330 e. The Morgan fingerprint density at radius 3 is 2.93 bits per heavy atom. The maximum absolute atomic E-state index is 11.1. The minimum atomic E-state index is -0.588. The first-order valence-corrected chi connectivity index (χ1v) is 4.85. The molecule has 15 heavy (non-hydrogen) atoms. The molecule has 0 spiro atoms. The van der Waals surface area contributed by atoms with E-state index in [4.69, 9.17) is 9.47 Å². The summed E-state index contributed by atoms with van der Waals surface area (Å²) in [6.07, 6.45) is 4.90. The largest absolute Gasteiger partial charge is 0.466 e. The zero-order valence-corrected chi connectivity index (χ0v) is 9.02. The summed E-state index contributed by atoms with van der Waals surface area (Å²) in [6, 6.07) is 0. The molecule has 1 heterocycles. The van der Waals surface area contributed by atoms with Gasteiger partial charge in [0.2, 0.25) is 0 Å². The fourth-order valence-corrected chi connectivity index (χ4v) is 1.81. The summed E-state index contributed by atoms with van der Waals surface area (Å²) in [5.74, 6) is -0.960. The van der Waals surface area contributed by atoms with Crippen LogP contribution in [-0.2, 0) is 19.0 Å². The first-order valence-electron chi connectivity index (χ1n) is 4.85. The van der Waals surface area contributed by atoms with Gasteiger partial charge >= 0.3 is 5.97 Å². The number of esters is 1. The molecular weight excluding hydrogens is 196 g/mol. The van der Waals surface area contributed by atoms with Gasteiger partial charge in [-0.25, -0.2) is 4.79 Å². The molecule has 1 fully saturated rings. The predicted octanol–water partition coefficient (Wildman–Crippen LogP) is 1.18. The molecule has 0 bridgehead atoms. The zero-order valence-electron chi connectivity index (χ0n) is 9.02. The van der Waals surface area contributed by atoms with Gasteiger partial charge in [0.25, 0.3) is 0 Å². The van der Waals surface area contributed by atoms with Gasteiger partial charge in [0.1, 0.15) is 12.2 Å². The number of carbonyl (C=O) groups is 1. The topological polar surface area (TPSA) is 44.8 Å². The normalized spacial score (nSPS) is 34.5. The Balaban J connectivity index is 2.16. The van der Waals surface area contributed by atoms with Crippen LogP contribution in [-0.4, -0.2) is 31.1 Å². The summed E-state index contributed by atoms with van der Waals surface area (Å²) in [5, 5.41) is 0. The number of ether oxygens (including phenoxy) is 3. The van der Waals surface area contributed by atoms with E-state index in [9.17, 15) is 4.79 Å². The van der Waals surface area contributed by atoms with Gasteiger partial charge in [-0.15, -0.1) is 0 Å². The molecule has 0 aromatic rings. The Kier molecular flexibility index (Phi) is 2.40. The fourth-order valence-electron chi connectivity index (χ4n) is 1.81. The second-order valence-electron chi connectivity index (χ2n) is 4.05. The predicted molar refractivity (Wildman–Crippen MR) is 53.1 cm³/mol. The van der Waals surface area contributed by atoms with E-state index in [1.807, 2.05) is 26.0 Å². The lowest BCUT2D eigenvalue weighted by Crippen LogP contribution is -2.22. The number of carbonyl (C=O) groups excluding carboxylic acids is 1. The molecule has 0 unspecified atom stereocenters. The van der Waals surface area contributed by atoms with E-state index in [2.05, 4.69) is 4.74 Å². The van der Waals surface area contributed by atoms with E-state index in [0.717, 1.165) is 5.57 Å². The second-order valence-corrected chi connectivity index (χ2v) is 4.05. The van der Waals surface area contributed by atoms with E-state index >= 15 is 0 Å². The van der Waals surface area contributed by atoms with Crippen molar-refractivity contribution < 1.29 is 19.0 Å². The van der Waals surface area contributed by atoms with Gasteiger partial charge in [0, 0.05) is 6.08 Å². The molecule has 0 aromatic heterocycles. The highest BCUT2D eigenvalue weighted by Gasteiger charge is 2.43. The Morgan fingerprint density at radius 2 is 2.27 bits per heavy atom. The minimum absolute atomic E-state index is 0.0871. The Labute approximate surface area is 88.5 Å². The van der Waals surface area contributed by atoms with Crippen molar-refractivity contribution in [2.24, 2.45) is 0 Å². The molecule has 0 radical (unpaired) electrons. The highest BCUT2D eigenvalue weighted by atomic mass is 16.8. The molecule has 1 aliphatic heterocycles. The third-order valence-corrected chi connectivity index (χ3v) is 2.42. The average molecular weight is 210 g/mol. The van der Waals surface area contributed by atoms with Gasteiger partial charge in [-0.1, -0.05) is 12.2 Å². The molecule has 0 saturated carbocycles. The molecule has 2 atom stereocenters. The van der Waals surface area contributed by atoms with Crippen LogP contribution in [0.2, 0.25) is 0 Å². The lowest BCUT2D eigenvalue weighted by Gasteiger charge is -2.17. The van der Waals surface area contributed by atoms with Crippen molar-refractivity contribution in [3.63, 3.8) is 0 Å². The molecule has 82 valence electrons. The van der Waals surface area contributed by atoms with E-state index in [0.29, 0.717) is 0 Å². The Morgan fingerprint density at radius 1 is 1.53 bits per heavy atom. The number of fused-ring (bicyclic) bond motifs is 1. The summed E-state index contributed by atoms with van der Waals surface area (Å²) < 4.78 is 15.9. The molecule has 1 saturated heterocycles. The van der Waals surface area contributed by atoms with Crippen molar-refractivity contribution in [3.05, 3.63) is 23.8 Å². The van der Waals surface area contributed by atoms with Crippen LogP contribution < -0.4 is 0 Å². The highest BCUT2D eigenvalue weighted by molar-refractivity contribution is 5.83. The fraction of sp³-hybridized carbons (Fsp3) is 0.545. The van der Waals surface area contributed by atoms with E-state index in [-0.39, 0.29) is 18.2 Å². The molecule has 2 aliphatic rings. The van der Waals surface area contributed by atoms with Gasteiger partial charge < -0.3 is 14.2 Å². The molecule has 1 aliphatic carbocycles. The van der Waals surface area contributed by atoms with Gasteiger partial charge in [-0.2, -0.15) is 0 Å². The van der Waals surface area contributed by atoms with Crippen LogP contribution in [0.4, 0.5) is 0 Å². The third kappa shape index (κ3) is 1.96. The van der Waals surface area contributed by atoms with Gasteiger partial charge in [-0.3, -0.25) is 0 Å². The smallest absolute Gasteiger partial charge is 0.330 e. The zero-order chi connectivity index (χ0) is 11.1. The van der Waals surface area contributed by atoms with Gasteiger partial charge in [0.05, 0.1) is 7.11 Å². The lowest BCUT2D eigenvalue weighted by molar-refractivity contribution is -0.141. The molecular formula is C11H14O4. The summed E-state index contributed by atoms with van der Waals surface area (Å²) in [6.45, 7) is 3.71. The number of hydrogen-bond acceptors (Lipinski definition) is 4. The van der Waals surface area contributed by atoms with Crippen molar-refractivity contribution >= 4 is 5.97 Å². The SMILES string of the molecule is COC(=O)/C=C1/C=C[C@@H]2OC(C)(C)O[C@H]12. The van der Waals surface area contributed by atoms with Crippen molar-refractivity contribution in [2.45, 2.75) is 31.8 Å². The summed E-state index contributed by atoms with van der Waals surface area (Å²) in [5.41, 5.74) is 0.803. The Hall–Kier alpha value is -1.13. The second kappa shape index (κ2) is 3.47. The number of hydrogen-bond donors (Lipinski definition) is 0. The average Bonchev–Trinajstić information content (AvgIpc) is 2.63. The lowest BCUT2D eigenvalue weighted by atomic mass is 10.1. The summed E-state index contributed by atoms with van der Waals surface area (Å²) in [7, 11) is 1.35. The monoisotopic (exact) mass is 210 g/mol. The van der Waals surface area contributed by atoms with Crippen LogP contribution >= 0.6 is 0 Å². The Bertz CT molecular complexity index is 340.